The molecule has 1 N–H and O–H groups in total. The Kier molecular flexibility index (Phi) is 4.75. The van der Waals surface area contributed by atoms with E-state index in [1.807, 2.05) is 19.4 Å². The molecule has 1 fully saturated rings. The number of aryl methyl sites for hydroxylation is 1. The van der Waals surface area contributed by atoms with Crippen molar-refractivity contribution in [3.8, 4) is 0 Å². The Balaban J connectivity index is 1.82. The third-order valence-electron chi connectivity index (χ3n) is 3.31. The number of nitrogens with zero attached hydrogens (tertiary/aromatic N) is 2. The Morgan fingerprint density at radius 1 is 1.67 bits per heavy atom. The summed E-state index contributed by atoms with van der Waals surface area (Å²) in [4.78, 5) is 15.5. The minimum Gasteiger partial charge on any atom is -0.466 e. The van der Waals surface area contributed by atoms with E-state index in [0.717, 1.165) is 26.1 Å². The van der Waals surface area contributed by atoms with Crippen LogP contribution in [-0.4, -0.2) is 35.2 Å². The van der Waals surface area contributed by atoms with Crippen LogP contribution in [0.15, 0.2) is 12.5 Å². The fourth-order valence-electron chi connectivity index (χ4n) is 2.39. The van der Waals surface area contributed by atoms with E-state index >= 15 is 0 Å². The molecule has 18 heavy (non-hydrogen) atoms. The van der Waals surface area contributed by atoms with Crippen LogP contribution in [0.5, 0.6) is 0 Å². The van der Waals surface area contributed by atoms with Crippen LogP contribution < -0.4 is 5.32 Å². The number of carbonyl (C=O) groups is 1. The van der Waals surface area contributed by atoms with Crippen molar-refractivity contribution in [1.82, 2.24) is 14.9 Å². The molecule has 0 amide bonds. The maximum Gasteiger partial charge on any atom is 0.305 e. The molecule has 5 nitrogen and oxygen atoms in total. The zero-order valence-corrected chi connectivity index (χ0v) is 10.9. The Morgan fingerprint density at radius 3 is 3.28 bits per heavy atom. The van der Waals surface area contributed by atoms with E-state index in [4.69, 9.17) is 4.74 Å². The molecule has 1 aliphatic rings. The predicted molar refractivity (Wildman–Crippen MR) is 68.3 cm³/mol. The molecule has 5 heteroatoms. The van der Waals surface area contributed by atoms with Crippen molar-refractivity contribution in [1.29, 1.82) is 0 Å². The first-order chi connectivity index (χ1) is 8.81. The molecule has 1 aromatic rings. The predicted octanol–water partition coefficient (Wildman–Crippen LogP) is 1.30. The molecule has 0 spiro atoms. The van der Waals surface area contributed by atoms with Crippen LogP contribution in [0.25, 0.3) is 0 Å². The van der Waals surface area contributed by atoms with Crippen LogP contribution in [0.3, 0.4) is 0 Å². The Labute approximate surface area is 108 Å². The van der Waals surface area contributed by atoms with Crippen LogP contribution in [0.4, 0.5) is 0 Å². The van der Waals surface area contributed by atoms with Gasteiger partial charge in [0.1, 0.15) is 0 Å². The van der Waals surface area contributed by atoms with E-state index in [1.54, 1.807) is 0 Å². The molecule has 0 bridgehead atoms. The molecule has 1 aromatic heterocycles. The lowest BCUT2D eigenvalue weighted by atomic mass is 10.1. The van der Waals surface area contributed by atoms with E-state index in [2.05, 4.69) is 14.9 Å². The van der Waals surface area contributed by atoms with Gasteiger partial charge in [0, 0.05) is 37.3 Å². The lowest BCUT2D eigenvalue weighted by Gasteiger charge is -2.12. The van der Waals surface area contributed by atoms with Crippen molar-refractivity contribution < 1.29 is 9.53 Å². The van der Waals surface area contributed by atoms with Gasteiger partial charge in [0.2, 0.25) is 0 Å². The summed E-state index contributed by atoms with van der Waals surface area (Å²) in [6.07, 6.45) is 6.27. The molecular formula is C13H21N3O2. The Bertz CT molecular complexity index is 383. The molecule has 100 valence electrons. The number of hydrogen-bond donors (Lipinski definition) is 1. The highest BCUT2D eigenvalue weighted by Gasteiger charge is 2.19. The summed E-state index contributed by atoms with van der Waals surface area (Å²) in [6.45, 7) is 5.24. The van der Waals surface area contributed by atoms with Crippen molar-refractivity contribution in [3.05, 3.63) is 18.2 Å². The molecule has 1 saturated heterocycles. The third-order valence-corrected chi connectivity index (χ3v) is 3.31. The number of ether oxygens (including phenoxy) is 1. The lowest BCUT2D eigenvalue weighted by molar-refractivity contribution is -0.143. The molecule has 0 radical (unpaired) electrons. The summed E-state index contributed by atoms with van der Waals surface area (Å²) in [5.74, 6) is 0.455. The van der Waals surface area contributed by atoms with Crippen molar-refractivity contribution >= 4 is 5.97 Å². The van der Waals surface area contributed by atoms with Crippen molar-refractivity contribution in [2.75, 3.05) is 19.7 Å². The van der Waals surface area contributed by atoms with Gasteiger partial charge in [-0.2, -0.15) is 0 Å². The maximum absolute atomic E-state index is 11.3. The van der Waals surface area contributed by atoms with Gasteiger partial charge in [0.15, 0.2) is 0 Å². The summed E-state index contributed by atoms with van der Waals surface area (Å²) < 4.78 is 7.08. The standard InChI is InChI=1S/C13H21N3O2/c1-2-18-13(17)4-3-7-16-10-15-9-12(16)11-5-6-14-8-11/h9-11,14H,2-8H2,1H3. The first-order valence-electron chi connectivity index (χ1n) is 6.67. The van der Waals surface area contributed by atoms with E-state index in [1.165, 1.54) is 12.1 Å². The SMILES string of the molecule is CCOC(=O)CCCn1cncc1C1CCNC1. The zero-order chi connectivity index (χ0) is 12.8. The molecule has 0 aromatic carbocycles. The van der Waals surface area contributed by atoms with Gasteiger partial charge in [-0.1, -0.05) is 0 Å². The molecular weight excluding hydrogens is 230 g/mol. The molecule has 1 unspecified atom stereocenters. The summed E-state index contributed by atoms with van der Waals surface area (Å²) >= 11 is 0. The van der Waals surface area contributed by atoms with E-state index < -0.39 is 0 Å². The summed E-state index contributed by atoms with van der Waals surface area (Å²) in [7, 11) is 0. The molecule has 2 heterocycles. The number of aromatic nitrogens is 2. The molecule has 2 rings (SSSR count). The van der Waals surface area contributed by atoms with Crippen LogP contribution >= 0.6 is 0 Å². The fourth-order valence-corrected chi connectivity index (χ4v) is 2.39. The van der Waals surface area contributed by atoms with Gasteiger partial charge in [-0.15, -0.1) is 0 Å². The Hall–Kier alpha value is -1.36. The van der Waals surface area contributed by atoms with Gasteiger partial charge in [-0.25, -0.2) is 4.98 Å². The highest BCUT2D eigenvalue weighted by Crippen LogP contribution is 2.22. The van der Waals surface area contributed by atoms with E-state index in [9.17, 15) is 4.79 Å². The minimum absolute atomic E-state index is 0.110. The minimum atomic E-state index is -0.110. The topological polar surface area (TPSA) is 56.2 Å². The van der Waals surface area contributed by atoms with Crippen LogP contribution in [0, 0.1) is 0 Å². The van der Waals surface area contributed by atoms with E-state index in [0.29, 0.717) is 18.9 Å². The Morgan fingerprint density at radius 2 is 2.56 bits per heavy atom. The summed E-state index contributed by atoms with van der Waals surface area (Å²) in [5.41, 5.74) is 1.28. The lowest BCUT2D eigenvalue weighted by Crippen LogP contribution is -2.12. The van der Waals surface area contributed by atoms with Crippen molar-refractivity contribution in [3.63, 3.8) is 0 Å². The summed E-state index contributed by atoms with van der Waals surface area (Å²) in [5, 5.41) is 3.36. The molecule has 0 saturated carbocycles. The normalized spacial score (nSPS) is 19.1. The van der Waals surface area contributed by atoms with E-state index in [-0.39, 0.29) is 5.97 Å². The van der Waals surface area contributed by atoms with Gasteiger partial charge < -0.3 is 14.6 Å². The van der Waals surface area contributed by atoms with Crippen molar-refractivity contribution in [2.45, 2.75) is 38.6 Å². The van der Waals surface area contributed by atoms with Gasteiger partial charge in [-0.05, 0) is 26.3 Å². The number of rotatable bonds is 6. The largest absolute Gasteiger partial charge is 0.466 e. The van der Waals surface area contributed by atoms with Crippen LogP contribution in [0.2, 0.25) is 0 Å². The van der Waals surface area contributed by atoms with Gasteiger partial charge in [0.05, 0.1) is 12.9 Å². The highest BCUT2D eigenvalue weighted by molar-refractivity contribution is 5.69. The average Bonchev–Trinajstić information content (AvgIpc) is 2.98. The maximum atomic E-state index is 11.3. The smallest absolute Gasteiger partial charge is 0.305 e. The number of carbonyl (C=O) groups excluding carboxylic acids is 1. The molecule has 0 aliphatic carbocycles. The van der Waals surface area contributed by atoms with Gasteiger partial charge in [0.25, 0.3) is 0 Å². The number of hydrogen-bond acceptors (Lipinski definition) is 4. The zero-order valence-electron chi connectivity index (χ0n) is 10.9. The second-order valence-electron chi connectivity index (χ2n) is 4.61. The first-order valence-corrected chi connectivity index (χ1v) is 6.67. The first kappa shape index (κ1) is 13.1. The van der Waals surface area contributed by atoms with Gasteiger partial charge in [-0.3, -0.25) is 4.79 Å². The monoisotopic (exact) mass is 251 g/mol. The van der Waals surface area contributed by atoms with Crippen LogP contribution in [-0.2, 0) is 16.1 Å². The second kappa shape index (κ2) is 6.54. The van der Waals surface area contributed by atoms with Crippen molar-refractivity contribution in [2.24, 2.45) is 0 Å². The summed E-state index contributed by atoms with van der Waals surface area (Å²) in [6, 6.07) is 0. The highest BCUT2D eigenvalue weighted by atomic mass is 16.5. The quantitative estimate of drug-likeness (QED) is 0.774. The molecule has 1 aliphatic heterocycles. The fraction of sp³-hybridized carbons (Fsp3) is 0.692. The third kappa shape index (κ3) is 3.32. The number of imidazole rings is 1. The number of nitrogens with one attached hydrogen (secondary N) is 1. The molecule has 1 atom stereocenters. The van der Waals surface area contributed by atoms with Gasteiger partial charge >= 0.3 is 5.97 Å². The second-order valence-corrected chi connectivity index (χ2v) is 4.61. The average molecular weight is 251 g/mol. The number of esters is 1. The van der Waals surface area contributed by atoms with Crippen LogP contribution in [0.1, 0.15) is 37.8 Å².